The van der Waals surface area contributed by atoms with Gasteiger partial charge in [-0.2, -0.15) is 0 Å². The maximum absolute atomic E-state index is 11.9. The summed E-state index contributed by atoms with van der Waals surface area (Å²) < 4.78 is 5.39. The van der Waals surface area contributed by atoms with Crippen molar-refractivity contribution in [1.29, 1.82) is 0 Å². The Labute approximate surface area is 133 Å². The SMILES string of the molecule is CCc1ccccc1NC(=O)COc1cc(Cl)cc(Cl)c1. The normalized spacial score (nSPS) is 10.2. The standard InChI is InChI=1S/C16H15Cl2NO2/c1-2-11-5-3-4-6-15(11)19-16(20)10-21-14-8-12(17)7-13(18)9-14/h3-9H,2,10H2,1H3,(H,19,20). The summed E-state index contributed by atoms with van der Waals surface area (Å²) in [4.78, 5) is 11.9. The lowest BCUT2D eigenvalue weighted by Crippen LogP contribution is -2.20. The third kappa shape index (κ3) is 4.66. The molecule has 21 heavy (non-hydrogen) atoms. The van der Waals surface area contributed by atoms with Crippen molar-refractivity contribution in [3.8, 4) is 5.75 Å². The molecular formula is C16H15Cl2NO2. The Bertz CT molecular complexity index is 624. The van der Waals surface area contributed by atoms with E-state index in [1.54, 1.807) is 18.2 Å². The fourth-order valence-corrected chi connectivity index (χ4v) is 2.40. The first-order valence-corrected chi connectivity index (χ1v) is 7.30. The van der Waals surface area contributed by atoms with E-state index in [1.807, 2.05) is 31.2 Å². The minimum atomic E-state index is -0.230. The molecule has 0 saturated heterocycles. The third-order valence-electron chi connectivity index (χ3n) is 2.88. The van der Waals surface area contributed by atoms with Crippen molar-refractivity contribution in [1.82, 2.24) is 0 Å². The molecule has 0 aromatic heterocycles. The number of halogens is 2. The maximum Gasteiger partial charge on any atom is 0.262 e. The predicted molar refractivity (Wildman–Crippen MR) is 86.4 cm³/mol. The number of hydrogen-bond donors (Lipinski definition) is 1. The Hall–Kier alpha value is -1.71. The highest BCUT2D eigenvalue weighted by Gasteiger charge is 2.07. The molecule has 0 heterocycles. The number of rotatable bonds is 5. The molecule has 0 fully saturated rings. The van der Waals surface area contributed by atoms with Crippen molar-refractivity contribution < 1.29 is 9.53 Å². The molecule has 0 aliphatic rings. The van der Waals surface area contributed by atoms with Crippen LogP contribution in [0.1, 0.15) is 12.5 Å². The fraction of sp³-hybridized carbons (Fsp3) is 0.188. The van der Waals surface area contributed by atoms with Crippen LogP contribution in [0.5, 0.6) is 5.75 Å². The first kappa shape index (κ1) is 15.7. The fourth-order valence-electron chi connectivity index (χ4n) is 1.90. The Kier molecular flexibility index (Phi) is 5.48. The Balaban J connectivity index is 1.96. The molecule has 2 rings (SSSR count). The number of carbonyl (C=O) groups excluding carboxylic acids is 1. The van der Waals surface area contributed by atoms with Crippen molar-refractivity contribution in [3.63, 3.8) is 0 Å². The number of aryl methyl sites for hydroxylation is 1. The van der Waals surface area contributed by atoms with Crippen LogP contribution in [-0.2, 0) is 11.2 Å². The third-order valence-corrected chi connectivity index (χ3v) is 3.31. The summed E-state index contributed by atoms with van der Waals surface area (Å²) in [5.74, 6) is 0.235. The molecule has 3 nitrogen and oxygen atoms in total. The molecule has 0 bridgehead atoms. The molecular weight excluding hydrogens is 309 g/mol. The second-order valence-electron chi connectivity index (χ2n) is 4.45. The van der Waals surface area contributed by atoms with Gasteiger partial charge in [0, 0.05) is 15.7 Å². The summed E-state index contributed by atoms with van der Waals surface area (Å²) in [5.41, 5.74) is 1.88. The summed E-state index contributed by atoms with van der Waals surface area (Å²) in [6, 6.07) is 12.5. The van der Waals surface area contributed by atoms with Crippen molar-refractivity contribution in [3.05, 3.63) is 58.1 Å². The van der Waals surface area contributed by atoms with E-state index in [0.29, 0.717) is 15.8 Å². The quantitative estimate of drug-likeness (QED) is 0.875. The van der Waals surface area contributed by atoms with Gasteiger partial charge in [0.15, 0.2) is 6.61 Å². The van der Waals surface area contributed by atoms with Crippen LogP contribution in [0.15, 0.2) is 42.5 Å². The molecule has 5 heteroatoms. The Morgan fingerprint density at radius 3 is 2.48 bits per heavy atom. The van der Waals surface area contributed by atoms with Crippen LogP contribution in [-0.4, -0.2) is 12.5 Å². The van der Waals surface area contributed by atoms with E-state index in [2.05, 4.69) is 5.32 Å². The van der Waals surface area contributed by atoms with Crippen LogP contribution in [0.2, 0.25) is 10.0 Å². The lowest BCUT2D eigenvalue weighted by molar-refractivity contribution is -0.118. The Morgan fingerprint density at radius 1 is 1.14 bits per heavy atom. The van der Waals surface area contributed by atoms with Crippen LogP contribution in [0, 0.1) is 0 Å². The monoisotopic (exact) mass is 323 g/mol. The van der Waals surface area contributed by atoms with Gasteiger partial charge in [0.25, 0.3) is 5.91 Å². The summed E-state index contributed by atoms with van der Waals surface area (Å²) in [7, 11) is 0. The molecule has 2 aromatic rings. The Morgan fingerprint density at radius 2 is 1.81 bits per heavy atom. The van der Waals surface area contributed by atoms with E-state index in [1.165, 1.54) is 0 Å². The van der Waals surface area contributed by atoms with Crippen LogP contribution in [0.4, 0.5) is 5.69 Å². The lowest BCUT2D eigenvalue weighted by Gasteiger charge is -2.11. The molecule has 1 N–H and O–H groups in total. The number of anilines is 1. The average Bonchev–Trinajstić information content (AvgIpc) is 2.45. The van der Waals surface area contributed by atoms with Gasteiger partial charge in [0.2, 0.25) is 0 Å². The molecule has 2 aromatic carbocycles. The van der Waals surface area contributed by atoms with Crippen LogP contribution in [0.3, 0.4) is 0 Å². The topological polar surface area (TPSA) is 38.3 Å². The van der Waals surface area contributed by atoms with E-state index in [-0.39, 0.29) is 12.5 Å². The van der Waals surface area contributed by atoms with Gasteiger partial charge in [0.05, 0.1) is 0 Å². The van der Waals surface area contributed by atoms with Crippen molar-refractivity contribution in [2.24, 2.45) is 0 Å². The largest absolute Gasteiger partial charge is 0.484 e. The van der Waals surface area contributed by atoms with Crippen molar-refractivity contribution >= 4 is 34.8 Å². The van der Waals surface area contributed by atoms with Crippen molar-refractivity contribution in [2.45, 2.75) is 13.3 Å². The summed E-state index contributed by atoms with van der Waals surface area (Å²) in [6.07, 6.45) is 0.848. The zero-order valence-electron chi connectivity index (χ0n) is 11.5. The maximum atomic E-state index is 11.9. The molecule has 0 aliphatic carbocycles. The van der Waals surface area contributed by atoms with Gasteiger partial charge in [-0.15, -0.1) is 0 Å². The number of carbonyl (C=O) groups is 1. The molecule has 110 valence electrons. The molecule has 0 unspecified atom stereocenters. The van der Waals surface area contributed by atoms with Gasteiger partial charge in [-0.05, 0) is 36.2 Å². The van der Waals surface area contributed by atoms with Crippen LogP contribution < -0.4 is 10.1 Å². The first-order chi connectivity index (χ1) is 10.1. The zero-order chi connectivity index (χ0) is 15.2. The van der Waals surface area contributed by atoms with Gasteiger partial charge in [-0.25, -0.2) is 0 Å². The molecule has 0 atom stereocenters. The number of amides is 1. The predicted octanol–water partition coefficient (Wildman–Crippen LogP) is 4.57. The van der Waals surface area contributed by atoms with E-state index in [4.69, 9.17) is 27.9 Å². The van der Waals surface area contributed by atoms with Crippen LogP contribution in [0.25, 0.3) is 0 Å². The number of benzene rings is 2. The number of hydrogen-bond acceptors (Lipinski definition) is 2. The van der Waals surface area contributed by atoms with Gasteiger partial charge in [0.1, 0.15) is 5.75 Å². The second-order valence-corrected chi connectivity index (χ2v) is 5.33. The van der Waals surface area contributed by atoms with Gasteiger partial charge in [-0.3, -0.25) is 4.79 Å². The summed E-state index contributed by atoms with van der Waals surface area (Å²) in [5, 5.41) is 3.76. The van der Waals surface area contributed by atoms with E-state index < -0.39 is 0 Å². The molecule has 1 amide bonds. The first-order valence-electron chi connectivity index (χ1n) is 6.55. The van der Waals surface area contributed by atoms with Crippen LogP contribution >= 0.6 is 23.2 Å². The second kappa shape index (κ2) is 7.34. The zero-order valence-corrected chi connectivity index (χ0v) is 13.0. The number of ether oxygens (including phenoxy) is 1. The molecule has 0 aliphatic heterocycles. The van der Waals surface area contributed by atoms with Gasteiger partial charge in [-0.1, -0.05) is 48.3 Å². The minimum absolute atomic E-state index is 0.102. The molecule has 0 radical (unpaired) electrons. The van der Waals surface area contributed by atoms with E-state index in [0.717, 1.165) is 17.7 Å². The minimum Gasteiger partial charge on any atom is -0.484 e. The average molecular weight is 324 g/mol. The van der Waals surface area contributed by atoms with Gasteiger partial charge >= 0.3 is 0 Å². The highest BCUT2D eigenvalue weighted by Crippen LogP contribution is 2.24. The summed E-state index contributed by atoms with van der Waals surface area (Å²) in [6.45, 7) is 1.93. The lowest BCUT2D eigenvalue weighted by atomic mass is 10.1. The highest BCUT2D eigenvalue weighted by molar-refractivity contribution is 6.34. The molecule has 0 spiro atoms. The number of nitrogens with one attached hydrogen (secondary N) is 1. The highest BCUT2D eigenvalue weighted by atomic mass is 35.5. The van der Waals surface area contributed by atoms with Gasteiger partial charge < -0.3 is 10.1 Å². The number of para-hydroxylation sites is 1. The summed E-state index contributed by atoms with van der Waals surface area (Å²) >= 11 is 11.7. The molecule has 0 saturated carbocycles. The van der Waals surface area contributed by atoms with Crippen molar-refractivity contribution in [2.75, 3.05) is 11.9 Å². The van der Waals surface area contributed by atoms with E-state index in [9.17, 15) is 4.79 Å². The smallest absolute Gasteiger partial charge is 0.262 e. The van der Waals surface area contributed by atoms with E-state index >= 15 is 0 Å².